The Morgan fingerprint density at radius 1 is 1.88 bits per heavy atom. The van der Waals surface area contributed by atoms with Gasteiger partial charge in [0.25, 0.3) is 0 Å². The van der Waals surface area contributed by atoms with Crippen LogP contribution in [0.15, 0.2) is 12.2 Å². The van der Waals surface area contributed by atoms with Crippen LogP contribution in [0.1, 0.15) is 6.42 Å². The molecule has 0 saturated carbocycles. The van der Waals surface area contributed by atoms with E-state index in [1.807, 2.05) is 6.08 Å². The minimum Gasteiger partial charge on any atom is -0.382 e. The monoisotopic (exact) mass is 113 g/mol. The second-order valence-electron chi connectivity index (χ2n) is 2.27. The molecule has 0 aromatic heterocycles. The Balaban J connectivity index is 2.32. The molecule has 2 heteroatoms. The predicted molar refractivity (Wildman–Crippen MR) is 32.6 cm³/mol. The molecule has 0 bridgehead atoms. The summed E-state index contributed by atoms with van der Waals surface area (Å²) >= 11 is 0. The van der Waals surface area contributed by atoms with Gasteiger partial charge in [-0.1, -0.05) is 12.2 Å². The van der Waals surface area contributed by atoms with E-state index < -0.39 is 0 Å². The standard InChI is InChI=1S/C6H11NO/c1-8-5-6(7)3-2-4-6/h2-3H,4-5,7H2,1H3. The van der Waals surface area contributed by atoms with Crippen molar-refractivity contribution in [3.8, 4) is 0 Å². The molecule has 2 nitrogen and oxygen atoms in total. The van der Waals surface area contributed by atoms with Gasteiger partial charge >= 0.3 is 0 Å². The normalized spacial score (nSPS) is 34.8. The van der Waals surface area contributed by atoms with Crippen LogP contribution < -0.4 is 5.73 Å². The fourth-order valence-electron chi connectivity index (χ4n) is 0.796. The van der Waals surface area contributed by atoms with Gasteiger partial charge in [-0.25, -0.2) is 0 Å². The molecule has 1 rings (SSSR count). The molecule has 1 atom stereocenters. The van der Waals surface area contributed by atoms with Gasteiger partial charge in [-0.3, -0.25) is 0 Å². The molecule has 0 aliphatic heterocycles. The van der Waals surface area contributed by atoms with E-state index in [1.165, 1.54) is 0 Å². The predicted octanol–water partition coefficient (Wildman–Crippen LogP) is 0.290. The van der Waals surface area contributed by atoms with Crippen LogP contribution in [0.3, 0.4) is 0 Å². The van der Waals surface area contributed by atoms with E-state index in [9.17, 15) is 0 Å². The van der Waals surface area contributed by atoms with E-state index >= 15 is 0 Å². The molecule has 0 radical (unpaired) electrons. The third kappa shape index (κ3) is 0.904. The van der Waals surface area contributed by atoms with E-state index in [4.69, 9.17) is 10.5 Å². The molecule has 2 N–H and O–H groups in total. The lowest BCUT2D eigenvalue weighted by Gasteiger charge is -2.29. The first kappa shape index (κ1) is 5.79. The number of hydrogen-bond acceptors (Lipinski definition) is 2. The Hall–Kier alpha value is -0.340. The summed E-state index contributed by atoms with van der Waals surface area (Å²) in [5, 5.41) is 0. The average Bonchev–Trinajstić information content (AvgIpc) is 1.64. The number of nitrogens with two attached hydrogens (primary N) is 1. The highest BCUT2D eigenvalue weighted by atomic mass is 16.5. The van der Waals surface area contributed by atoms with Crippen molar-refractivity contribution in [2.45, 2.75) is 12.0 Å². The van der Waals surface area contributed by atoms with Gasteiger partial charge in [0.2, 0.25) is 0 Å². The third-order valence-electron chi connectivity index (χ3n) is 1.36. The van der Waals surface area contributed by atoms with Crippen molar-refractivity contribution in [2.75, 3.05) is 13.7 Å². The fourth-order valence-corrected chi connectivity index (χ4v) is 0.796. The quantitative estimate of drug-likeness (QED) is 0.522. The SMILES string of the molecule is COCC1(N)C=CC1. The number of methoxy groups -OCH3 is 1. The molecule has 8 heavy (non-hydrogen) atoms. The molecule has 0 saturated heterocycles. The minimum atomic E-state index is -0.130. The average molecular weight is 113 g/mol. The van der Waals surface area contributed by atoms with Gasteiger partial charge in [0.05, 0.1) is 12.1 Å². The molecule has 46 valence electrons. The number of rotatable bonds is 2. The minimum absolute atomic E-state index is 0.130. The second kappa shape index (κ2) is 1.88. The van der Waals surface area contributed by atoms with E-state index in [2.05, 4.69) is 6.08 Å². The summed E-state index contributed by atoms with van der Waals surface area (Å²) in [4.78, 5) is 0. The lowest BCUT2D eigenvalue weighted by atomic mass is 9.88. The number of ether oxygens (including phenoxy) is 1. The van der Waals surface area contributed by atoms with Gasteiger partial charge in [-0.15, -0.1) is 0 Å². The molecule has 0 aromatic carbocycles. The van der Waals surface area contributed by atoms with Crippen LogP contribution in [0.5, 0.6) is 0 Å². The zero-order valence-electron chi connectivity index (χ0n) is 5.05. The molecular formula is C6H11NO. The second-order valence-corrected chi connectivity index (χ2v) is 2.27. The fraction of sp³-hybridized carbons (Fsp3) is 0.667. The molecule has 0 amide bonds. The van der Waals surface area contributed by atoms with Gasteiger partial charge in [0.1, 0.15) is 0 Å². The molecule has 1 aliphatic carbocycles. The Morgan fingerprint density at radius 2 is 2.50 bits per heavy atom. The highest BCUT2D eigenvalue weighted by Gasteiger charge is 2.25. The number of hydrogen-bond donors (Lipinski definition) is 1. The van der Waals surface area contributed by atoms with Crippen LogP contribution in [-0.4, -0.2) is 19.3 Å². The van der Waals surface area contributed by atoms with Crippen LogP contribution in [-0.2, 0) is 4.74 Å². The van der Waals surface area contributed by atoms with Crippen molar-refractivity contribution in [3.05, 3.63) is 12.2 Å². The van der Waals surface area contributed by atoms with E-state index in [0.29, 0.717) is 6.61 Å². The summed E-state index contributed by atoms with van der Waals surface area (Å²) in [5.74, 6) is 0. The Morgan fingerprint density at radius 3 is 2.62 bits per heavy atom. The van der Waals surface area contributed by atoms with Crippen LogP contribution in [0, 0.1) is 0 Å². The smallest absolute Gasteiger partial charge is 0.0681 e. The zero-order chi connectivity index (χ0) is 6.04. The highest BCUT2D eigenvalue weighted by molar-refractivity contribution is 5.17. The molecular weight excluding hydrogens is 102 g/mol. The van der Waals surface area contributed by atoms with Gasteiger partial charge in [-0.05, 0) is 6.42 Å². The lowest BCUT2D eigenvalue weighted by molar-refractivity contribution is 0.147. The summed E-state index contributed by atoms with van der Waals surface area (Å²) in [6, 6.07) is 0. The zero-order valence-corrected chi connectivity index (χ0v) is 5.05. The molecule has 0 heterocycles. The molecule has 0 aromatic rings. The maximum atomic E-state index is 5.70. The van der Waals surface area contributed by atoms with E-state index in [-0.39, 0.29) is 5.54 Å². The first-order valence-corrected chi connectivity index (χ1v) is 2.72. The van der Waals surface area contributed by atoms with Gasteiger partial charge in [0.15, 0.2) is 0 Å². The Labute approximate surface area is 49.3 Å². The summed E-state index contributed by atoms with van der Waals surface area (Å²) in [6.45, 7) is 0.642. The first-order chi connectivity index (χ1) is 3.77. The largest absolute Gasteiger partial charge is 0.382 e. The summed E-state index contributed by atoms with van der Waals surface area (Å²) in [5.41, 5.74) is 5.57. The van der Waals surface area contributed by atoms with Crippen molar-refractivity contribution in [1.82, 2.24) is 0 Å². The maximum absolute atomic E-state index is 5.70. The third-order valence-corrected chi connectivity index (χ3v) is 1.36. The first-order valence-electron chi connectivity index (χ1n) is 2.72. The van der Waals surface area contributed by atoms with Gasteiger partial charge in [0, 0.05) is 7.11 Å². The molecule has 0 fully saturated rings. The highest BCUT2D eigenvalue weighted by Crippen LogP contribution is 2.18. The summed E-state index contributed by atoms with van der Waals surface area (Å²) in [6.07, 6.45) is 5.00. The van der Waals surface area contributed by atoms with Crippen LogP contribution in [0.4, 0.5) is 0 Å². The Kier molecular flexibility index (Phi) is 1.36. The van der Waals surface area contributed by atoms with Crippen LogP contribution in [0.25, 0.3) is 0 Å². The van der Waals surface area contributed by atoms with Crippen molar-refractivity contribution < 1.29 is 4.74 Å². The maximum Gasteiger partial charge on any atom is 0.0681 e. The van der Waals surface area contributed by atoms with Crippen molar-refractivity contribution in [2.24, 2.45) is 5.73 Å². The van der Waals surface area contributed by atoms with E-state index in [1.54, 1.807) is 7.11 Å². The summed E-state index contributed by atoms with van der Waals surface area (Å²) in [7, 11) is 1.67. The van der Waals surface area contributed by atoms with Gasteiger partial charge in [-0.2, -0.15) is 0 Å². The van der Waals surface area contributed by atoms with E-state index in [0.717, 1.165) is 6.42 Å². The molecule has 1 aliphatic rings. The van der Waals surface area contributed by atoms with Crippen LogP contribution in [0.2, 0.25) is 0 Å². The topological polar surface area (TPSA) is 35.2 Å². The lowest BCUT2D eigenvalue weighted by Crippen LogP contribution is -2.45. The molecule has 1 unspecified atom stereocenters. The van der Waals surface area contributed by atoms with Crippen molar-refractivity contribution >= 4 is 0 Å². The van der Waals surface area contributed by atoms with Crippen molar-refractivity contribution in [1.29, 1.82) is 0 Å². The van der Waals surface area contributed by atoms with Crippen LogP contribution >= 0.6 is 0 Å². The van der Waals surface area contributed by atoms with Gasteiger partial charge < -0.3 is 10.5 Å². The summed E-state index contributed by atoms with van der Waals surface area (Å²) < 4.78 is 4.87. The van der Waals surface area contributed by atoms with Crippen molar-refractivity contribution in [3.63, 3.8) is 0 Å². The Bertz CT molecular complexity index is 111. The molecule has 0 spiro atoms.